The number of likely N-dealkylation sites (tertiary alicyclic amines) is 2. The van der Waals surface area contributed by atoms with Gasteiger partial charge in [-0.05, 0) is 49.7 Å². The maximum absolute atomic E-state index is 13.3. The first kappa shape index (κ1) is 21.6. The number of piperidine rings is 1. The van der Waals surface area contributed by atoms with Gasteiger partial charge in [0.25, 0.3) is 0 Å². The molecule has 0 N–H and O–H groups in total. The van der Waals surface area contributed by atoms with Crippen molar-refractivity contribution in [2.75, 3.05) is 39.9 Å². The highest BCUT2D eigenvalue weighted by atomic mass is 16.5. The molecule has 33 heavy (non-hydrogen) atoms. The van der Waals surface area contributed by atoms with Gasteiger partial charge in [-0.15, -0.1) is 5.10 Å². The van der Waals surface area contributed by atoms with Crippen LogP contribution >= 0.6 is 0 Å². The van der Waals surface area contributed by atoms with Gasteiger partial charge in [-0.3, -0.25) is 9.78 Å². The molecule has 3 aliphatic rings. The number of tetrazole rings is 1. The maximum Gasteiger partial charge on any atom is 0.336 e. The predicted octanol–water partition coefficient (Wildman–Crippen LogP) is 0.285. The minimum absolute atomic E-state index is 0.127. The number of hydrogen-bond donors (Lipinski definition) is 0. The van der Waals surface area contributed by atoms with E-state index in [-0.39, 0.29) is 30.0 Å². The molecule has 2 aromatic rings. The fourth-order valence-corrected chi connectivity index (χ4v) is 4.86. The van der Waals surface area contributed by atoms with Crippen LogP contribution < -0.4 is 0 Å². The Bertz CT molecular complexity index is 1060. The Morgan fingerprint density at radius 1 is 1.15 bits per heavy atom. The lowest BCUT2D eigenvalue weighted by molar-refractivity contribution is -0.138. The average Bonchev–Trinajstić information content (AvgIpc) is 3.56. The van der Waals surface area contributed by atoms with E-state index in [2.05, 4.69) is 30.4 Å². The Morgan fingerprint density at radius 2 is 1.94 bits per heavy atom. The summed E-state index contributed by atoms with van der Waals surface area (Å²) in [4.78, 5) is 38.0. The van der Waals surface area contributed by atoms with E-state index >= 15 is 0 Å². The van der Waals surface area contributed by atoms with E-state index in [0.717, 1.165) is 43.7 Å². The lowest BCUT2D eigenvalue weighted by atomic mass is 9.77. The number of carbonyl (C=O) groups excluding carboxylic acids is 2. The van der Waals surface area contributed by atoms with E-state index in [1.165, 1.54) is 11.0 Å². The molecule has 1 spiro atoms. The summed E-state index contributed by atoms with van der Waals surface area (Å²) < 4.78 is 12.2. The highest BCUT2D eigenvalue weighted by Gasteiger charge is 2.50. The zero-order chi connectivity index (χ0) is 23.0. The summed E-state index contributed by atoms with van der Waals surface area (Å²) >= 11 is 0. The van der Waals surface area contributed by atoms with Crippen molar-refractivity contribution in [2.24, 2.45) is 5.41 Å². The van der Waals surface area contributed by atoms with Gasteiger partial charge in [0.2, 0.25) is 5.91 Å². The number of cyclic esters (lactones) is 1. The number of ether oxygens (including phenoxy) is 2. The van der Waals surface area contributed by atoms with Gasteiger partial charge in [0.1, 0.15) is 19.0 Å². The van der Waals surface area contributed by atoms with Crippen molar-refractivity contribution in [3.8, 4) is 5.82 Å². The van der Waals surface area contributed by atoms with Crippen molar-refractivity contribution in [3.05, 3.63) is 35.7 Å². The molecular weight excluding hydrogens is 428 g/mol. The van der Waals surface area contributed by atoms with E-state index < -0.39 is 0 Å². The van der Waals surface area contributed by atoms with Crippen molar-refractivity contribution in [1.29, 1.82) is 0 Å². The second-order valence-corrected chi connectivity index (χ2v) is 8.71. The molecule has 174 valence electrons. The zero-order valence-electron chi connectivity index (χ0n) is 18.7. The van der Waals surface area contributed by atoms with Gasteiger partial charge in [-0.1, -0.05) is 0 Å². The number of aromatic nitrogens is 6. The Balaban J connectivity index is 1.20. The first-order valence-corrected chi connectivity index (χ1v) is 11.0. The second-order valence-electron chi connectivity index (χ2n) is 8.71. The molecule has 2 aromatic heterocycles. The normalized spacial score (nSPS) is 21.8. The summed E-state index contributed by atoms with van der Waals surface area (Å²) in [6.07, 6.45) is 6.89. The predicted molar refractivity (Wildman–Crippen MR) is 113 cm³/mol. The molecule has 12 heteroatoms. The molecule has 12 nitrogen and oxygen atoms in total. The molecule has 0 aliphatic carbocycles. The van der Waals surface area contributed by atoms with Gasteiger partial charge < -0.3 is 19.3 Å². The average molecular weight is 454 g/mol. The largest absolute Gasteiger partial charge is 0.456 e. The quantitative estimate of drug-likeness (QED) is 0.562. The molecule has 5 rings (SSSR count). The van der Waals surface area contributed by atoms with Crippen molar-refractivity contribution in [1.82, 2.24) is 40.0 Å². The Morgan fingerprint density at radius 3 is 2.55 bits per heavy atom. The van der Waals surface area contributed by atoms with Crippen molar-refractivity contribution in [2.45, 2.75) is 32.3 Å². The first-order valence-electron chi connectivity index (χ1n) is 11.0. The lowest BCUT2D eigenvalue weighted by Crippen LogP contribution is -2.45. The standard InChI is InChI=1S/C21H26N8O4/c1-14-16(12-33-19(14)30)28-8-5-21(20(28)31)3-6-27(7-4-21)11-17(32-2)15-9-23-18(10-22-15)29-13-24-25-26-29/h9-10,13,17H,3-8,11-12H2,1-2H3. The highest BCUT2D eigenvalue weighted by Crippen LogP contribution is 2.44. The summed E-state index contributed by atoms with van der Waals surface area (Å²) in [5.41, 5.74) is 1.65. The fraction of sp³-hybridized carbons (Fsp3) is 0.571. The van der Waals surface area contributed by atoms with Gasteiger partial charge in [0, 0.05) is 20.2 Å². The molecule has 0 radical (unpaired) electrons. The first-order chi connectivity index (χ1) is 16.0. The van der Waals surface area contributed by atoms with Crippen molar-refractivity contribution >= 4 is 11.9 Å². The molecule has 1 amide bonds. The third-order valence-electron chi connectivity index (χ3n) is 7.01. The van der Waals surface area contributed by atoms with Crippen LogP contribution in [0.5, 0.6) is 0 Å². The van der Waals surface area contributed by atoms with Crippen LogP contribution in [-0.4, -0.2) is 91.7 Å². The third-order valence-corrected chi connectivity index (χ3v) is 7.01. The van der Waals surface area contributed by atoms with Gasteiger partial charge >= 0.3 is 5.97 Å². The second kappa shape index (κ2) is 8.60. The van der Waals surface area contributed by atoms with Crippen LogP contribution in [-0.2, 0) is 19.1 Å². The van der Waals surface area contributed by atoms with Crippen LogP contribution in [0.1, 0.15) is 38.0 Å². The highest BCUT2D eigenvalue weighted by molar-refractivity contribution is 5.94. The Labute approximate surface area is 190 Å². The number of amides is 1. The maximum atomic E-state index is 13.3. The summed E-state index contributed by atoms with van der Waals surface area (Å²) in [6.45, 7) is 4.82. The third kappa shape index (κ3) is 3.89. The SMILES string of the molecule is COC(CN1CCC2(CC1)CCN(C1=C(C)C(=O)OC1)C2=O)c1cnc(-n2cnnn2)cn1. The van der Waals surface area contributed by atoms with Crippen molar-refractivity contribution < 1.29 is 19.1 Å². The molecule has 3 aliphatic heterocycles. The van der Waals surface area contributed by atoms with E-state index in [0.29, 0.717) is 24.5 Å². The molecule has 2 fully saturated rings. The van der Waals surface area contributed by atoms with Crippen LogP contribution in [0.15, 0.2) is 30.0 Å². The van der Waals surface area contributed by atoms with E-state index in [4.69, 9.17) is 9.47 Å². The van der Waals surface area contributed by atoms with Gasteiger partial charge in [0.05, 0.1) is 34.8 Å². The molecule has 5 heterocycles. The smallest absolute Gasteiger partial charge is 0.336 e. The fourth-order valence-electron chi connectivity index (χ4n) is 4.86. The van der Waals surface area contributed by atoms with Crippen LogP contribution in [0.2, 0.25) is 0 Å². The topological polar surface area (TPSA) is 128 Å². The van der Waals surface area contributed by atoms with E-state index in [9.17, 15) is 9.59 Å². The summed E-state index contributed by atoms with van der Waals surface area (Å²) in [5, 5.41) is 11.0. The number of methoxy groups -OCH3 is 1. The van der Waals surface area contributed by atoms with E-state index in [1.807, 2.05) is 0 Å². The van der Waals surface area contributed by atoms with Crippen LogP contribution in [0.25, 0.3) is 5.82 Å². The number of carbonyl (C=O) groups is 2. The van der Waals surface area contributed by atoms with Crippen molar-refractivity contribution in [3.63, 3.8) is 0 Å². The van der Waals surface area contributed by atoms with Gasteiger partial charge in [-0.25, -0.2) is 9.78 Å². The lowest BCUT2D eigenvalue weighted by Gasteiger charge is -2.39. The van der Waals surface area contributed by atoms with Crippen LogP contribution in [0.4, 0.5) is 0 Å². The Hall–Kier alpha value is -3.25. The number of esters is 1. The monoisotopic (exact) mass is 454 g/mol. The molecule has 2 saturated heterocycles. The molecule has 1 unspecified atom stereocenters. The number of nitrogens with zero attached hydrogens (tertiary/aromatic N) is 8. The van der Waals surface area contributed by atoms with Gasteiger partial charge in [0.15, 0.2) is 5.82 Å². The zero-order valence-corrected chi connectivity index (χ0v) is 18.7. The minimum Gasteiger partial charge on any atom is -0.456 e. The number of hydrogen-bond acceptors (Lipinski definition) is 10. The van der Waals surface area contributed by atoms with Crippen LogP contribution in [0, 0.1) is 5.41 Å². The van der Waals surface area contributed by atoms with Gasteiger partial charge in [-0.2, -0.15) is 4.68 Å². The van der Waals surface area contributed by atoms with E-state index in [1.54, 1.807) is 31.3 Å². The molecule has 0 bridgehead atoms. The molecular formula is C21H26N8O4. The minimum atomic E-state index is -0.356. The molecule has 1 atom stereocenters. The Kier molecular flexibility index (Phi) is 5.62. The molecule has 0 aromatic carbocycles. The summed E-state index contributed by atoms with van der Waals surface area (Å²) in [7, 11) is 1.66. The molecule has 0 saturated carbocycles. The van der Waals surface area contributed by atoms with Crippen LogP contribution in [0.3, 0.4) is 0 Å². The number of rotatable bonds is 6. The summed E-state index contributed by atoms with van der Waals surface area (Å²) in [5.74, 6) is 0.331. The summed E-state index contributed by atoms with van der Waals surface area (Å²) in [6, 6.07) is 0.